The van der Waals surface area contributed by atoms with Crippen LogP contribution in [0.25, 0.3) is 0 Å². The van der Waals surface area contributed by atoms with Crippen molar-refractivity contribution in [3.05, 3.63) is 0 Å². The second kappa shape index (κ2) is 9.52. The van der Waals surface area contributed by atoms with E-state index in [1.807, 2.05) is 6.92 Å². The highest BCUT2D eigenvalue weighted by Gasteiger charge is 2.01. The van der Waals surface area contributed by atoms with Gasteiger partial charge < -0.3 is 9.47 Å². The fourth-order valence-electron chi connectivity index (χ4n) is 0.865. The van der Waals surface area contributed by atoms with E-state index < -0.39 is 0 Å². The summed E-state index contributed by atoms with van der Waals surface area (Å²) in [6, 6.07) is 0. The average molecular weight is 188 g/mol. The normalized spacial score (nSPS) is 10.0. The maximum atomic E-state index is 11.0. The van der Waals surface area contributed by atoms with E-state index in [2.05, 4.69) is 6.92 Å². The molecule has 0 saturated carbocycles. The van der Waals surface area contributed by atoms with Crippen molar-refractivity contribution in [2.45, 2.75) is 39.5 Å². The van der Waals surface area contributed by atoms with Crippen molar-refractivity contribution < 1.29 is 14.3 Å². The number of unbranched alkanes of at least 4 members (excludes halogenated alkanes) is 1. The SMILES string of the molecule is CCCCOC(=O)CCCOCC. The zero-order chi connectivity index (χ0) is 9.94. The van der Waals surface area contributed by atoms with Crippen LogP contribution in [0.15, 0.2) is 0 Å². The monoisotopic (exact) mass is 188 g/mol. The number of carbonyl (C=O) groups excluding carboxylic acids is 1. The summed E-state index contributed by atoms with van der Waals surface area (Å²) in [6.45, 7) is 5.94. The lowest BCUT2D eigenvalue weighted by molar-refractivity contribution is -0.144. The molecule has 0 saturated heterocycles. The second-order valence-corrected chi connectivity index (χ2v) is 2.87. The maximum absolute atomic E-state index is 11.0. The molecule has 3 heteroatoms. The van der Waals surface area contributed by atoms with Crippen LogP contribution in [0.4, 0.5) is 0 Å². The van der Waals surface area contributed by atoms with E-state index >= 15 is 0 Å². The highest BCUT2D eigenvalue weighted by Crippen LogP contribution is 1.95. The molecular formula is C10H20O3. The van der Waals surface area contributed by atoms with Gasteiger partial charge in [-0.2, -0.15) is 0 Å². The molecule has 0 aliphatic carbocycles. The first-order valence-corrected chi connectivity index (χ1v) is 5.04. The van der Waals surface area contributed by atoms with Crippen molar-refractivity contribution in [2.24, 2.45) is 0 Å². The third kappa shape index (κ3) is 9.34. The van der Waals surface area contributed by atoms with Gasteiger partial charge in [-0.15, -0.1) is 0 Å². The van der Waals surface area contributed by atoms with E-state index in [0.717, 1.165) is 19.3 Å². The summed E-state index contributed by atoms with van der Waals surface area (Å²) in [4.78, 5) is 11.0. The van der Waals surface area contributed by atoms with Gasteiger partial charge >= 0.3 is 5.97 Å². The largest absolute Gasteiger partial charge is 0.466 e. The van der Waals surface area contributed by atoms with Crippen LogP contribution in [0.2, 0.25) is 0 Å². The van der Waals surface area contributed by atoms with Crippen molar-refractivity contribution in [2.75, 3.05) is 19.8 Å². The maximum Gasteiger partial charge on any atom is 0.305 e. The Morgan fingerprint density at radius 1 is 1.15 bits per heavy atom. The lowest BCUT2D eigenvalue weighted by Gasteiger charge is -2.03. The Kier molecular flexibility index (Phi) is 9.10. The first-order valence-electron chi connectivity index (χ1n) is 5.04. The predicted molar refractivity (Wildman–Crippen MR) is 51.6 cm³/mol. The quantitative estimate of drug-likeness (QED) is 0.432. The minimum atomic E-state index is -0.104. The van der Waals surface area contributed by atoms with Crippen LogP contribution in [0.5, 0.6) is 0 Å². The van der Waals surface area contributed by atoms with E-state index in [-0.39, 0.29) is 5.97 Å². The summed E-state index contributed by atoms with van der Waals surface area (Å²) in [5, 5.41) is 0. The molecule has 0 aromatic heterocycles. The molecule has 0 aromatic carbocycles. The third-order valence-electron chi connectivity index (χ3n) is 1.63. The molecule has 0 spiro atoms. The van der Waals surface area contributed by atoms with Crippen molar-refractivity contribution in [3.63, 3.8) is 0 Å². The highest BCUT2D eigenvalue weighted by atomic mass is 16.5. The Bertz CT molecular complexity index is 123. The summed E-state index contributed by atoms with van der Waals surface area (Å²) in [7, 11) is 0. The zero-order valence-corrected chi connectivity index (χ0v) is 8.67. The minimum absolute atomic E-state index is 0.104. The third-order valence-corrected chi connectivity index (χ3v) is 1.63. The number of esters is 1. The van der Waals surface area contributed by atoms with Crippen LogP contribution >= 0.6 is 0 Å². The first kappa shape index (κ1) is 12.4. The first-order chi connectivity index (χ1) is 6.31. The van der Waals surface area contributed by atoms with Gasteiger partial charge in [0, 0.05) is 19.6 Å². The number of hydrogen-bond acceptors (Lipinski definition) is 3. The Labute approximate surface area is 80.4 Å². The molecular weight excluding hydrogens is 168 g/mol. The van der Waals surface area contributed by atoms with Crippen LogP contribution in [-0.4, -0.2) is 25.8 Å². The highest BCUT2D eigenvalue weighted by molar-refractivity contribution is 5.69. The second-order valence-electron chi connectivity index (χ2n) is 2.87. The van der Waals surface area contributed by atoms with Crippen LogP contribution < -0.4 is 0 Å². The van der Waals surface area contributed by atoms with Crippen LogP contribution in [0.1, 0.15) is 39.5 Å². The van der Waals surface area contributed by atoms with Gasteiger partial charge in [-0.1, -0.05) is 13.3 Å². The van der Waals surface area contributed by atoms with Gasteiger partial charge in [0.2, 0.25) is 0 Å². The molecule has 0 atom stereocenters. The van der Waals surface area contributed by atoms with Crippen LogP contribution in [-0.2, 0) is 14.3 Å². The topological polar surface area (TPSA) is 35.5 Å². The molecule has 0 unspecified atom stereocenters. The van der Waals surface area contributed by atoms with Crippen molar-refractivity contribution in [3.8, 4) is 0 Å². The molecule has 78 valence electrons. The van der Waals surface area contributed by atoms with Crippen LogP contribution in [0, 0.1) is 0 Å². The predicted octanol–water partition coefficient (Wildman–Crippen LogP) is 2.15. The molecule has 0 fully saturated rings. The summed E-state index contributed by atoms with van der Waals surface area (Å²) in [5.74, 6) is -0.104. The van der Waals surface area contributed by atoms with Gasteiger partial charge in [0.15, 0.2) is 0 Å². The lowest BCUT2D eigenvalue weighted by atomic mass is 10.3. The zero-order valence-electron chi connectivity index (χ0n) is 8.67. The standard InChI is InChI=1S/C10H20O3/c1-3-5-9-13-10(11)7-6-8-12-4-2/h3-9H2,1-2H3. The molecule has 0 amide bonds. The average Bonchev–Trinajstić information content (AvgIpc) is 2.13. The van der Waals surface area contributed by atoms with Crippen LogP contribution in [0.3, 0.4) is 0 Å². The van der Waals surface area contributed by atoms with Gasteiger partial charge in [0.1, 0.15) is 0 Å². The lowest BCUT2D eigenvalue weighted by Crippen LogP contribution is -2.07. The van der Waals surface area contributed by atoms with Gasteiger partial charge in [-0.05, 0) is 19.8 Å². The molecule has 0 aromatic rings. The minimum Gasteiger partial charge on any atom is -0.466 e. The number of carbonyl (C=O) groups is 1. The molecule has 0 bridgehead atoms. The fraction of sp³-hybridized carbons (Fsp3) is 0.900. The Hall–Kier alpha value is -0.570. The summed E-state index contributed by atoms with van der Waals surface area (Å²) in [5.41, 5.74) is 0. The molecule has 0 aliphatic heterocycles. The Morgan fingerprint density at radius 3 is 2.54 bits per heavy atom. The van der Waals surface area contributed by atoms with E-state index in [4.69, 9.17) is 9.47 Å². The summed E-state index contributed by atoms with van der Waals surface area (Å²) < 4.78 is 10.1. The molecule has 0 heterocycles. The molecule has 3 nitrogen and oxygen atoms in total. The van der Waals surface area contributed by atoms with Crippen molar-refractivity contribution in [1.29, 1.82) is 0 Å². The number of hydrogen-bond donors (Lipinski definition) is 0. The van der Waals surface area contributed by atoms with Gasteiger partial charge in [-0.25, -0.2) is 0 Å². The number of ether oxygens (including phenoxy) is 2. The van der Waals surface area contributed by atoms with Gasteiger partial charge in [0.25, 0.3) is 0 Å². The summed E-state index contributed by atoms with van der Waals surface area (Å²) in [6.07, 6.45) is 3.26. The number of rotatable bonds is 8. The van der Waals surface area contributed by atoms with Crippen molar-refractivity contribution >= 4 is 5.97 Å². The molecule has 0 N–H and O–H groups in total. The Morgan fingerprint density at radius 2 is 1.92 bits per heavy atom. The van der Waals surface area contributed by atoms with E-state index in [0.29, 0.717) is 26.2 Å². The molecule has 0 radical (unpaired) electrons. The molecule has 0 rings (SSSR count). The van der Waals surface area contributed by atoms with Crippen molar-refractivity contribution in [1.82, 2.24) is 0 Å². The molecule has 0 aliphatic rings. The summed E-state index contributed by atoms with van der Waals surface area (Å²) >= 11 is 0. The Balaban J connectivity index is 3.11. The molecule has 13 heavy (non-hydrogen) atoms. The van der Waals surface area contributed by atoms with Gasteiger partial charge in [-0.3, -0.25) is 4.79 Å². The van der Waals surface area contributed by atoms with E-state index in [1.165, 1.54) is 0 Å². The van der Waals surface area contributed by atoms with E-state index in [1.54, 1.807) is 0 Å². The smallest absolute Gasteiger partial charge is 0.305 e. The van der Waals surface area contributed by atoms with Gasteiger partial charge in [0.05, 0.1) is 6.61 Å². The fourth-order valence-corrected chi connectivity index (χ4v) is 0.865. The van der Waals surface area contributed by atoms with E-state index in [9.17, 15) is 4.79 Å².